The van der Waals surface area contributed by atoms with Gasteiger partial charge in [0.1, 0.15) is 0 Å². The lowest BCUT2D eigenvalue weighted by atomic mass is 10.1. The number of hydrogen-bond acceptors (Lipinski definition) is 4. The highest BCUT2D eigenvalue weighted by Crippen LogP contribution is 2.11. The molecule has 0 spiro atoms. The number of nitrogens with two attached hydrogens (primary N) is 1. The molecule has 1 atom stereocenters. The molecule has 82 valence electrons. The highest BCUT2D eigenvalue weighted by molar-refractivity contribution is 7.74. The second-order valence-electron chi connectivity index (χ2n) is 2.88. The van der Waals surface area contributed by atoms with Crippen LogP contribution in [-0.4, -0.2) is 14.7 Å². The minimum atomic E-state index is -2.55. The van der Waals surface area contributed by atoms with Crippen LogP contribution in [0, 0.1) is 0 Å². The fourth-order valence-corrected chi connectivity index (χ4v) is 1.39. The maximum absolute atomic E-state index is 10.7. The molecule has 0 aliphatic carbocycles. The first-order valence-corrected chi connectivity index (χ1v) is 5.17. The molecule has 5 nitrogen and oxygen atoms in total. The van der Waals surface area contributed by atoms with Gasteiger partial charge in [-0.15, -0.1) is 0 Å². The lowest BCUT2D eigenvalue weighted by Gasteiger charge is -2.09. The molecule has 2 N–H and O–H groups in total. The van der Waals surface area contributed by atoms with Crippen LogP contribution in [0.4, 0.5) is 0 Å². The number of primary amides is 1. The van der Waals surface area contributed by atoms with E-state index >= 15 is 0 Å². The maximum Gasteiger partial charge on any atom is 0.221 e. The van der Waals surface area contributed by atoms with Crippen LogP contribution in [0.25, 0.3) is 0 Å². The number of carbonyl (C=O) groups is 1. The largest absolute Gasteiger partial charge is 0.750 e. The average molecular weight is 228 g/mol. The van der Waals surface area contributed by atoms with Crippen molar-refractivity contribution in [1.82, 2.24) is 0 Å². The lowest BCUT2D eigenvalue weighted by Crippen LogP contribution is -2.15. The summed E-state index contributed by atoms with van der Waals surface area (Å²) in [6.07, 6.45) is 0.0744. The van der Waals surface area contributed by atoms with Gasteiger partial charge < -0.3 is 10.3 Å². The molecule has 0 aliphatic heterocycles. The van der Waals surface area contributed by atoms with E-state index in [2.05, 4.69) is 4.18 Å². The van der Waals surface area contributed by atoms with Gasteiger partial charge in [-0.25, -0.2) is 4.21 Å². The minimum Gasteiger partial charge on any atom is -0.750 e. The smallest absolute Gasteiger partial charge is 0.221 e. The summed E-state index contributed by atoms with van der Waals surface area (Å²) in [6.45, 7) is -0.0838. The molecule has 0 fully saturated rings. The predicted molar refractivity (Wildman–Crippen MR) is 53.0 cm³/mol. The molecular weight excluding hydrogens is 218 g/mol. The van der Waals surface area contributed by atoms with Crippen LogP contribution in [0.1, 0.15) is 11.1 Å². The molecule has 1 amide bonds. The van der Waals surface area contributed by atoms with Crippen LogP contribution in [0.15, 0.2) is 24.3 Å². The molecule has 0 aromatic heterocycles. The zero-order valence-electron chi connectivity index (χ0n) is 7.84. The summed E-state index contributed by atoms with van der Waals surface area (Å²) in [5.74, 6) is -0.467. The Hall–Kier alpha value is -1.24. The number of amides is 1. The third-order valence-electron chi connectivity index (χ3n) is 1.79. The standard InChI is InChI=1S/C9H11NO4S/c10-9(11)5-7-3-1-2-4-8(7)6-14-15(12)13/h1-4H,5-6H2,(H2,10,11)(H,12,13)/p-1. The molecule has 6 heteroatoms. The van der Waals surface area contributed by atoms with Crippen LogP contribution in [0.2, 0.25) is 0 Å². The van der Waals surface area contributed by atoms with Gasteiger partial charge in [-0.05, 0) is 11.1 Å². The van der Waals surface area contributed by atoms with Crippen molar-refractivity contribution in [3.05, 3.63) is 35.4 Å². The first-order valence-electron chi connectivity index (χ1n) is 4.17. The van der Waals surface area contributed by atoms with Crippen molar-refractivity contribution in [3.63, 3.8) is 0 Å². The fourth-order valence-electron chi connectivity index (χ4n) is 1.17. The van der Waals surface area contributed by atoms with Gasteiger partial charge in [0.25, 0.3) is 0 Å². The van der Waals surface area contributed by atoms with Crippen LogP contribution >= 0.6 is 0 Å². The molecule has 0 heterocycles. The van der Waals surface area contributed by atoms with Crippen molar-refractivity contribution in [2.45, 2.75) is 13.0 Å². The Balaban J connectivity index is 2.76. The third-order valence-corrected chi connectivity index (χ3v) is 2.10. The molecule has 1 aromatic rings. The van der Waals surface area contributed by atoms with E-state index in [0.29, 0.717) is 11.1 Å². The van der Waals surface area contributed by atoms with Gasteiger partial charge in [0.05, 0.1) is 24.4 Å². The topological polar surface area (TPSA) is 92.5 Å². The first-order chi connectivity index (χ1) is 7.09. The Morgan fingerprint density at radius 2 is 2.00 bits per heavy atom. The van der Waals surface area contributed by atoms with E-state index in [1.54, 1.807) is 24.3 Å². The Bertz CT molecular complexity index is 380. The first kappa shape index (κ1) is 11.8. The third kappa shape index (κ3) is 4.20. The molecule has 0 saturated heterocycles. The van der Waals surface area contributed by atoms with E-state index in [-0.39, 0.29) is 13.0 Å². The molecule has 0 aliphatic rings. The Kier molecular flexibility index (Phi) is 4.41. The van der Waals surface area contributed by atoms with Crippen molar-refractivity contribution < 1.29 is 17.7 Å². The van der Waals surface area contributed by atoms with Gasteiger partial charge in [-0.1, -0.05) is 24.3 Å². The number of rotatable bonds is 5. The highest BCUT2D eigenvalue weighted by Gasteiger charge is 2.04. The van der Waals surface area contributed by atoms with E-state index in [0.717, 1.165) is 0 Å². The number of carbonyl (C=O) groups excluding carboxylic acids is 1. The van der Waals surface area contributed by atoms with Crippen molar-refractivity contribution >= 4 is 17.3 Å². The van der Waals surface area contributed by atoms with Crippen molar-refractivity contribution in [1.29, 1.82) is 0 Å². The molecular formula is C9H10NO4S-. The molecule has 1 rings (SSSR count). The maximum atomic E-state index is 10.7. The van der Waals surface area contributed by atoms with Gasteiger partial charge in [0, 0.05) is 0 Å². The molecule has 1 unspecified atom stereocenters. The normalized spacial score (nSPS) is 12.3. The summed E-state index contributed by atoms with van der Waals surface area (Å²) in [6, 6.07) is 6.87. The monoisotopic (exact) mass is 228 g/mol. The summed E-state index contributed by atoms with van der Waals surface area (Å²) in [5, 5.41) is 0. The highest BCUT2D eigenvalue weighted by atomic mass is 32.2. The summed E-state index contributed by atoms with van der Waals surface area (Å²) < 4.78 is 24.8. The van der Waals surface area contributed by atoms with Gasteiger partial charge in [0.2, 0.25) is 5.91 Å². The predicted octanol–water partition coefficient (Wildman–Crippen LogP) is 0.0251. The second-order valence-corrected chi connectivity index (χ2v) is 3.52. The van der Waals surface area contributed by atoms with Crippen LogP contribution in [0.3, 0.4) is 0 Å². The number of benzene rings is 1. The second kappa shape index (κ2) is 5.59. The summed E-state index contributed by atoms with van der Waals surface area (Å²) in [4.78, 5) is 10.7. The van der Waals surface area contributed by atoms with E-state index < -0.39 is 17.3 Å². The molecule has 0 bridgehead atoms. The van der Waals surface area contributed by atoms with Crippen molar-refractivity contribution in [2.24, 2.45) is 5.73 Å². The molecule has 15 heavy (non-hydrogen) atoms. The SMILES string of the molecule is NC(=O)Cc1ccccc1COS(=O)[O-]. The Morgan fingerprint density at radius 1 is 1.40 bits per heavy atom. The fraction of sp³-hybridized carbons (Fsp3) is 0.222. The van der Waals surface area contributed by atoms with Crippen LogP contribution in [0.5, 0.6) is 0 Å². The van der Waals surface area contributed by atoms with Crippen molar-refractivity contribution in [3.8, 4) is 0 Å². The number of hydrogen-bond donors (Lipinski definition) is 1. The van der Waals surface area contributed by atoms with Crippen LogP contribution in [-0.2, 0) is 33.4 Å². The van der Waals surface area contributed by atoms with Gasteiger partial charge >= 0.3 is 0 Å². The molecule has 0 radical (unpaired) electrons. The average Bonchev–Trinajstić information content (AvgIpc) is 2.15. The Morgan fingerprint density at radius 3 is 2.53 bits per heavy atom. The Labute approximate surface area is 89.7 Å². The van der Waals surface area contributed by atoms with Crippen LogP contribution < -0.4 is 5.73 Å². The van der Waals surface area contributed by atoms with Crippen molar-refractivity contribution in [2.75, 3.05) is 0 Å². The lowest BCUT2D eigenvalue weighted by molar-refractivity contribution is -0.117. The summed E-state index contributed by atoms with van der Waals surface area (Å²) in [7, 11) is 0. The minimum absolute atomic E-state index is 0.0744. The van der Waals surface area contributed by atoms with Gasteiger partial charge in [0.15, 0.2) is 0 Å². The molecule has 1 aromatic carbocycles. The van der Waals surface area contributed by atoms with Gasteiger partial charge in [-0.3, -0.25) is 8.98 Å². The summed E-state index contributed by atoms with van der Waals surface area (Å²) >= 11 is -2.55. The van der Waals surface area contributed by atoms with E-state index in [9.17, 15) is 13.6 Å². The van der Waals surface area contributed by atoms with E-state index in [1.807, 2.05) is 0 Å². The zero-order valence-corrected chi connectivity index (χ0v) is 8.66. The van der Waals surface area contributed by atoms with Gasteiger partial charge in [-0.2, -0.15) is 0 Å². The van der Waals surface area contributed by atoms with E-state index in [4.69, 9.17) is 5.73 Å². The quantitative estimate of drug-likeness (QED) is 0.719. The van der Waals surface area contributed by atoms with E-state index in [1.165, 1.54) is 0 Å². The summed E-state index contributed by atoms with van der Waals surface area (Å²) in [5.41, 5.74) is 6.36. The molecule has 0 saturated carbocycles. The zero-order chi connectivity index (χ0) is 11.3.